The molecule has 3 aromatic rings. The van der Waals surface area contributed by atoms with Gasteiger partial charge in [0.15, 0.2) is 5.13 Å². The number of benzene rings is 2. The number of anilines is 1. The second kappa shape index (κ2) is 15.3. The predicted molar refractivity (Wildman–Crippen MR) is 171 cm³/mol. The molecule has 0 radical (unpaired) electrons. The Morgan fingerprint density at radius 3 is 2.39 bits per heavy atom. The number of sulfonamides is 1. The summed E-state index contributed by atoms with van der Waals surface area (Å²) in [5.41, 5.74) is 1.14. The largest absolute Gasteiger partial charge is 0.497 e. The topological polar surface area (TPSA) is 122 Å². The van der Waals surface area contributed by atoms with Gasteiger partial charge in [0.05, 0.1) is 42.0 Å². The van der Waals surface area contributed by atoms with Gasteiger partial charge in [-0.1, -0.05) is 11.3 Å². The van der Waals surface area contributed by atoms with Gasteiger partial charge < -0.3 is 19.1 Å². The van der Waals surface area contributed by atoms with Gasteiger partial charge in [0.2, 0.25) is 10.0 Å². The molecule has 3 heterocycles. The molecule has 1 aromatic heterocycles. The van der Waals surface area contributed by atoms with E-state index in [0.29, 0.717) is 36.2 Å². The van der Waals surface area contributed by atoms with Gasteiger partial charge in [0.25, 0.3) is 5.91 Å². The Kier molecular flexibility index (Phi) is 11.8. The fraction of sp³-hybridized carbons (Fsp3) is 0.483. The molecule has 2 aliphatic rings. The SMILES string of the molecule is CCOC(=O)N1CCN(S(=O)(=O)c2ccc(C(=O)N(CCCN3CCOCC3)c3nc4ccc(OC)cc4s3)cc2)CC1.Cl. The van der Waals surface area contributed by atoms with Gasteiger partial charge in [-0.15, -0.1) is 12.4 Å². The normalized spacial score (nSPS) is 16.4. The van der Waals surface area contributed by atoms with Gasteiger partial charge in [-0.2, -0.15) is 4.31 Å². The summed E-state index contributed by atoms with van der Waals surface area (Å²) in [5.74, 6) is 0.465. The fourth-order valence-corrected chi connectivity index (χ4v) is 7.54. The van der Waals surface area contributed by atoms with Gasteiger partial charge in [-0.05, 0) is 55.8 Å². The van der Waals surface area contributed by atoms with Crippen LogP contribution in [-0.4, -0.2) is 119 Å². The minimum absolute atomic E-state index is 0. The molecule has 2 aromatic carbocycles. The highest BCUT2D eigenvalue weighted by Crippen LogP contribution is 2.32. The van der Waals surface area contributed by atoms with Crippen LogP contribution in [0.25, 0.3) is 10.2 Å². The number of hydrogen-bond acceptors (Lipinski definition) is 10. The van der Waals surface area contributed by atoms with E-state index in [-0.39, 0.29) is 56.0 Å². The van der Waals surface area contributed by atoms with Crippen LogP contribution in [-0.2, 0) is 19.5 Å². The van der Waals surface area contributed by atoms with Crippen molar-refractivity contribution in [1.82, 2.24) is 19.1 Å². The van der Waals surface area contributed by atoms with E-state index < -0.39 is 16.1 Å². The summed E-state index contributed by atoms with van der Waals surface area (Å²) < 4.78 is 44.8. The van der Waals surface area contributed by atoms with Crippen LogP contribution in [0.3, 0.4) is 0 Å². The third-order valence-electron chi connectivity index (χ3n) is 7.52. The average molecular weight is 668 g/mol. The Bertz CT molecular complexity index is 1520. The molecule has 15 heteroatoms. The molecule has 12 nitrogen and oxygen atoms in total. The smallest absolute Gasteiger partial charge is 0.409 e. The van der Waals surface area contributed by atoms with E-state index in [2.05, 4.69) is 4.90 Å². The number of nitrogens with zero attached hydrogens (tertiary/aromatic N) is 5. The van der Waals surface area contributed by atoms with Crippen molar-refractivity contribution in [2.45, 2.75) is 18.2 Å². The van der Waals surface area contributed by atoms with Crippen LogP contribution in [0.15, 0.2) is 47.4 Å². The number of ether oxygens (including phenoxy) is 3. The molecule has 0 N–H and O–H groups in total. The van der Waals surface area contributed by atoms with Gasteiger partial charge >= 0.3 is 6.09 Å². The first kappa shape index (κ1) is 33.9. The number of morpholine rings is 1. The fourth-order valence-electron chi connectivity index (χ4n) is 5.10. The monoisotopic (exact) mass is 667 g/mol. The van der Waals surface area contributed by atoms with E-state index in [1.165, 1.54) is 32.7 Å². The van der Waals surface area contributed by atoms with Crippen LogP contribution < -0.4 is 9.64 Å². The Balaban J connectivity index is 0.00000442. The first-order chi connectivity index (χ1) is 20.8. The zero-order chi connectivity index (χ0) is 30.4. The highest BCUT2D eigenvalue weighted by Gasteiger charge is 2.31. The van der Waals surface area contributed by atoms with E-state index in [0.717, 1.165) is 36.3 Å². The Hall–Kier alpha value is -3.01. The van der Waals surface area contributed by atoms with Crippen molar-refractivity contribution in [1.29, 1.82) is 0 Å². The highest BCUT2D eigenvalue weighted by molar-refractivity contribution is 7.89. The molecule has 2 fully saturated rings. The molecule has 5 rings (SSSR count). The van der Waals surface area contributed by atoms with E-state index in [1.54, 1.807) is 31.1 Å². The lowest BCUT2D eigenvalue weighted by atomic mass is 10.2. The molecule has 0 unspecified atom stereocenters. The number of carbonyl (C=O) groups excluding carboxylic acids is 2. The summed E-state index contributed by atoms with van der Waals surface area (Å²) in [5, 5.41) is 0.575. The first-order valence-corrected chi connectivity index (χ1v) is 16.6. The quantitative estimate of drug-likeness (QED) is 0.320. The van der Waals surface area contributed by atoms with E-state index >= 15 is 0 Å². The summed E-state index contributed by atoms with van der Waals surface area (Å²) >= 11 is 1.42. The van der Waals surface area contributed by atoms with Crippen molar-refractivity contribution >= 4 is 61.1 Å². The van der Waals surface area contributed by atoms with Gasteiger partial charge in [0.1, 0.15) is 5.75 Å². The number of aromatic nitrogens is 1. The van der Waals surface area contributed by atoms with Crippen molar-refractivity contribution in [3.8, 4) is 5.75 Å². The number of hydrogen-bond donors (Lipinski definition) is 0. The number of fused-ring (bicyclic) bond motifs is 1. The van der Waals surface area contributed by atoms with Crippen molar-refractivity contribution in [3.05, 3.63) is 48.0 Å². The van der Waals surface area contributed by atoms with Crippen LogP contribution in [0.1, 0.15) is 23.7 Å². The molecule has 240 valence electrons. The zero-order valence-electron chi connectivity index (χ0n) is 24.8. The molecule has 2 aliphatic heterocycles. The molecule has 2 saturated heterocycles. The molecule has 0 atom stereocenters. The lowest BCUT2D eigenvalue weighted by Crippen LogP contribution is -2.50. The lowest BCUT2D eigenvalue weighted by Gasteiger charge is -2.33. The van der Waals surface area contributed by atoms with Crippen molar-refractivity contribution in [3.63, 3.8) is 0 Å². The number of rotatable bonds is 10. The summed E-state index contributed by atoms with van der Waals surface area (Å²) in [6, 6.07) is 11.7. The Morgan fingerprint density at radius 1 is 1.02 bits per heavy atom. The molecule has 0 bridgehead atoms. The molecule has 44 heavy (non-hydrogen) atoms. The van der Waals surface area contributed by atoms with Crippen molar-refractivity contribution in [2.75, 3.05) is 84.2 Å². The predicted octanol–water partition coefficient (Wildman–Crippen LogP) is 3.56. The van der Waals surface area contributed by atoms with Crippen LogP contribution in [0.2, 0.25) is 0 Å². The second-order valence-electron chi connectivity index (χ2n) is 10.2. The minimum atomic E-state index is -3.80. The first-order valence-electron chi connectivity index (χ1n) is 14.4. The molecular weight excluding hydrogens is 630 g/mol. The number of methoxy groups -OCH3 is 1. The maximum atomic E-state index is 13.9. The number of halogens is 1. The van der Waals surface area contributed by atoms with Crippen molar-refractivity contribution < 1.29 is 32.2 Å². The number of thiazole rings is 1. The second-order valence-corrected chi connectivity index (χ2v) is 13.2. The van der Waals surface area contributed by atoms with E-state index in [4.69, 9.17) is 19.2 Å². The average Bonchev–Trinajstić information content (AvgIpc) is 3.46. The van der Waals surface area contributed by atoms with Gasteiger partial charge in [-0.25, -0.2) is 18.2 Å². The molecule has 0 spiro atoms. The standard InChI is InChI=1S/C29H37N5O7S2.ClH/c1-3-41-29(36)32-13-15-33(16-14-32)43(37,38)24-8-5-22(6-9-24)27(35)34(12-4-11-31-17-19-40-20-18-31)28-30-25-10-7-23(39-2)21-26(25)42-28;/h5-10,21H,3-4,11-20H2,1-2H3;1H. The molecule has 0 saturated carbocycles. The maximum Gasteiger partial charge on any atom is 0.409 e. The maximum absolute atomic E-state index is 13.9. The summed E-state index contributed by atoms with van der Waals surface area (Å²) in [6.07, 6.45) is 0.305. The third kappa shape index (κ3) is 7.79. The lowest BCUT2D eigenvalue weighted by molar-refractivity contribution is 0.0376. The van der Waals surface area contributed by atoms with Crippen LogP contribution in [0.4, 0.5) is 9.93 Å². The number of piperazine rings is 1. The zero-order valence-corrected chi connectivity index (χ0v) is 27.3. The summed E-state index contributed by atoms with van der Waals surface area (Å²) in [7, 11) is -2.19. The third-order valence-corrected chi connectivity index (χ3v) is 10.5. The minimum Gasteiger partial charge on any atom is -0.497 e. The van der Waals surface area contributed by atoms with E-state index in [1.807, 2.05) is 18.2 Å². The number of amides is 2. The Morgan fingerprint density at radius 2 is 1.73 bits per heavy atom. The summed E-state index contributed by atoms with van der Waals surface area (Å²) in [4.78, 5) is 36.2. The molecule has 0 aliphatic carbocycles. The highest BCUT2D eigenvalue weighted by atomic mass is 35.5. The van der Waals surface area contributed by atoms with Crippen LogP contribution in [0, 0.1) is 0 Å². The molecular formula is C29H38ClN5O7S2. The van der Waals surface area contributed by atoms with Crippen molar-refractivity contribution in [2.24, 2.45) is 0 Å². The Labute approximate surface area is 267 Å². The van der Waals surface area contributed by atoms with Gasteiger partial charge in [-0.3, -0.25) is 14.6 Å². The van der Waals surface area contributed by atoms with E-state index in [9.17, 15) is 18.0 Å². The van der Waals surface area contributed by atoms with Crippen LogP contribution in [0.5, 0.6) is 5.75 Å². The van der Waals surface area contributed by atoms with Crippen LogP contribution >= 0.6 is 23.7 Å². The molecule has 2 amide bonds. The summed E-state index contributed by atoms with van der Waals surface area (Å²) in [6.45, 7) is 7.26. The van der Waals surface area contributed by atoms with Gasteiger partial charge in [0, 0.05) is 57.9 Å². The number of carbonyl (C=O) groups is 2.